The van der Waals surface area contributed by atoms with E-state index in [0.29, 0.717) is 5.75 Å². The van der Waals surface area contributed by atoms with Gasteiger partial charge in [0.05, 0.1) is 4.90 Å². The fraction of sp³-hybridized carbons (Fsp3) is 0.462. The van der Waals surface area contributed by atoms with Gasteiger partial charge in [0.25, 0.3) is 0 Å². The maximum Gasteiger partial charge on any atom is 0.321 e. The number of hydrogen-bond donors (Lipinski definition) is 2. The number of thioether (sulfide) groups is 1. The summed E-state index contributed by atoms with van der Waals surface area (Å²) in [7, 11) is -3.82. The Balaban J connectivity index is 3.00. The van der Waals surface area contributed by atoms with Crippen LogP contribution in [0.2, 0.25) is 0 Å². The molecular weight excluding hydrogens is 298 g/mol. The first-order valence-corrected chi connectivity index (χ1v) is 8.96. The van der Waals surface area contributed by atoms with Crippen molar-refractivity contribution in [3.8, 4) is 0 Å². The molecule has 5 nitrogen and oxygen atoms in total. The molecule has 1 rings (SSSR count). The van der Waals surface area contributed by atoms with Crippen LogP contribution in [0.5, 0.6) is 0 Å². The molecule has 0 saturated carbocycles. The lowest BCUT2D eigenvalue weighted by Crippen LogP contribution is -2.41. The van der Waals surface area contributed by atoms with Crippen LogP contribution in [0.3, 0.4) is 0 Å². The predicted molar refractivity (Wildman–Crippen MR) is 80.7 cm³/mol. The smallest absolute Gasteiger partial charge is 0.321 e. The number of sulfonamides is 1. The van der Waals surface area contributed by atoms with Gasteiger partial charge in [-0.1, -0.05) is 6.07 Å². The van der Waals surface area contributed by atoms with Gasteiger partial charge in [-0.2, -0.15) is 16.5 Å². The molecule has 0 fully saturated rings. The third-order valence-electron chi connectivity index (χ3n) is 2.71. The quantitative estimate of drug-likeness (QED) is 0.801. The Kier molecular flexibility index (Phi) is 6.04. The van der Waals surface area contributed by atoms with E-state index in [-0.39, 0.29) is 11.3 Å². The number of benzene rings is 1. The molecule has 112 valence electrons. The first-order chi connectivity index (χ1) is 9.26. The van der Waals surface area contributed by atoms with E-state index in [1.165, 1.54) is 23.9 Å². The Hall–Kier alpha value is -1.05. The number of nitrogens with one attached hydrogen (secondary N) is 1. The van der Waals surface area contributed by atoms with Crippen molar-refractivity contribution < 1.29 is 18.3 Å². The van der Waals surface area contributed by atoms with E-state index in [1.807, 2.05) is 12.3 Å². The van der Waals surface area contributed by atoms with E-state index in [1.54, 1.807) is 13.8 Å². The van der Waals surface area contributed by atoms with E-state index in [0.717, 1.165) is 11.1 Å². The lowest BCUT2D eigenvalue weighted by molar-refractivity contribution is -0.139. The third kappa shape index (κ3) is 4.81. The molecule has 0 aliphatic rings. The number of carboxylic acids is 1. The normalized spacial score (nSPS) is 13.2. The molecule has 1 aromatic carbocycles. The van der Waals surface area contributed by atoms with Crippen LogP contribution in [0.25, 0.3) is 0 Å². The largest absolute Gasteiger partial charge is 0.480 e. The molecule has 2 N–H and O–H groups in total. The highest BCUT2D eigenvalue weighted by Gasteiger charge is 2.25. The maximum atomic E-state index is 12.2. The number of aryl methyl sites for hydroxylation is 2. The van der Waals surface area contributed by atoms with Gasteiger partial charge in [-0.3, -0.25) is 4.79 Å². The van der Waals surface area contributed by atoms with Crippen LogP contribution in [0.4, 0.5) is 0 Å². The molecule has 0 unspecified atom stereocenters. The Morgan fingerprint density at radius 1 is 1.30 bits per heavy atom. The molecule has 0 aliphatic carbocycles. The second kappa shape index (κ2) is 7.10. The van der Waals surface area contributed by atoms with Crippen LogP contribution in [-0.2, 0) is 14.8 Å². The van der Waals surface area contributed by atoms with Crippen molar-refractivity contribution >= 4 is 27.8 Å². The Labute approximate surface area is 123 Å². The molecule has 0 saturated heterocycles. The zero-order chi connectivity index (χ0) is 15.3. The fourth-order valence-electron chi connectivity index (χ4n) is 1.81. The van der Waals surface area contributed by atoms with E-state index in [2.05, 4.69) is 4.72 Å². The number of carbonyl (C=O) groups is 1. The minimum atomic E-state index is -3.82. The second-order valence-corrected chi connectivity index (χ2v) is 7.32. The van der Waals surface area contributed by atoms with Crippen molar-refractivity contribution in [3.05, 3.63) is 29.3 Å². The summed E-state index contributed by atoms with van der Waals surface area (Å²) in [5, 5.41) is 9.08. The van der Waals surface area contributed by atoms with E-state index < -0.39 is 22.0 Å². The van der Waals surface area contributed by atoms with Gasteiger partial charge in [0.15, 0.2) is 0 Å². The van der Waals surface area contributed by atoms with Gasteiger partial charge in [-0.25, -0.2) is 8.42 Å². The molecule has 0 aromatic heterocycles. The summed E-state index contributed by atoms with van der Waals surface area (Å²) >= 11 is 1.48. The summed E-state index contributed by atoms with van der Waals surface area (Å²) < 4.78 is 26.7. The number of carboxylic acid groups (broad SMARTS) is 1. The molecule has 0 amide bonds. The van der Waals surface area contributed by atoms with E-state index in [4.69, 9.17) is 5.11 Å². The van der Waals surface area contributed by atoms with Crippen molar-refractivity contribution in [1.82, 2.24) is 4.72 Å². The molecule has 1 atom stereocenters. The van der Waals surface area contributed by atoms with E-state index in [9.17, 15) is 13.2 Å². The Morgan fingerprint density at radius 3 is 2.30 bits per heavy atom. The van der Waals surface area contributed by atoms with Crippen LogP contribution >= 0.6 is 11.8 Å². The van der Waals surface area contributed by atoms with Crippen LogP contribution in [0.15, 0.2) is 23.1 Å². The topological polar surface area (TPSA) is 83.5 Å². The second-order valence-electron chi connectivity index (χ2n) is 4.62. The average molecular weight is 317 g/mol. The van der Waals surface area contributed by atoms with Gasteiger partial charge in [0.2, 0.25) is 10.0 Å². The molecule has 0 aliphatic heterocycles. The SMILES string of the molecule is CSCC[C@H](NS(=O)(=O)c1cc(C)cc(C)c1)C(=O)O. The van der Waals surface area contributed by atoms with Crippen molar-refractivity contribution in [1.29, 1.82) is 0 Å². The van der Waals surface area contributed by atoms with Gasteiger partial charge >= 0.3 is 5.97 Å². The first kappa shape index (κ1) is 17.0. The maximum absolute atomic E-state index is 12.2. The molecular formula is C13H19NO4S2. The highest BCUT2D eigenvalue weighted by Crippen LogP contribution is 2.15. The lowest BCUT2D eigenvalue weighted by Gasteiger charge is -2.15. The molecule has 1 aromatic rings. The summed E-state index contributed by atoms with van der Waals surface area (Å²) in [5.41, 5.74) is 1.64. The molecule has 7 heteroatoms. The Bertz CT molecular complexity index is 564. The van der Waals surface area contributed by atoms with Crippen LogP contribution < -0.4 is 4.72 Å². The van der Waals surface area contributed by atoms with Crippen LogP contribution in [-0.4, -0.2) is 37.5 Å². The van der Waals surface area contributed by atoms with Crippen molar-refractivity contribution in [2.75, 3.05) is 12.0 Å². The standard InChI is InChI=1S/C13H19NO4S2/c1-9-6-10(2)8-11(7-9)20(17,18)14-12(13(15)16)4-5-19-3/h6-8,12,14H,4-5H2,1-3H3,(H,15,16)/t12-/m0/s1. The highest BCUT2D eigenvalue weighted by molar-refractivity contribution is 7.98. The van der Waals surface area contributed by atoms with Gasteiger partial charge in [-0.15, -0.1) is 0 Å². The van der Waals surface area contributed by atoms with Gasteiger partial charge in [0, 0.05) is 0 Å². The summed E-state index contributed by atoms with van der Waals surface area (Å²) in [6.45, 7) is 3.60. The summed E-state index contributed by atoms with van der Waals surface area (Å²) in [6, 6.07) is 3.82. The molecule has 0 heterocycles. The van der Waals surface area contributed by atoms with Crippen LogP contribution in [0.1, 0.15) is 17.5 Å². The number of hydrogen-bond acceptors (Lipinski definition) is 4. The molecule has 20 heavy (non-hydrogen) atoms. The van der Waals surface area contributed by atoms with Crippen molar-refractivity contribution in [2.45, 2.75) is 31.2 Å². The number of rotatable bonds is 7. The van der Waals surface area contributed by atoms with Crippen molar-refractivity contribution in [2.24, 2.45) is 0 Å². The third-order valence-corrected chi connectivity index (χ3v) is 4.81. The summed E-state index contributed by atoms with van der Waals surface area (Å²) in [6.07, 6.45) is 2.10. The van der Waals surface area contributed by atoms with Gasteiger partial charge in [-0.05, 0) is 55.5 Å². The van der Waals surface area contributed by atoms with E-state index >= 15 is 0 Å². The predicted octanol–water partition coefficient (Wildman–Crippen LogP) is 1.79. The highest BCUT2D eigenvalue weighted by atomic mass is 32.2. The summed E-state index contributed by atoms with van der Waals surface area (Å²) in [4.78, 5) is 11.2. The molecule has 0 radical (unpaired) electrons. The minimum absolute atomic E-state index is 0.102. The average Bonchev–Trinajstić information content (AvgIpc) is 2.32. The minimum Gasteiger partial charge on any atom is -0.480 e. The zero-order valence-electron chi connectivity index (χ0n) is 11.7. The molecule has 0 spiro atoms. The van der Waals surface area contributed by atoms with Gasteiger partial charge < -0.3 is 5.11 Å². The van der Waals surface area contributed by atoms with Crippen LogP contribution in [0, 0.1) is 13.8 Å². The fourth-order valence-corrected chi connectivity index (χ4v) is 3.69. The van der Waals surface area contributed by atoms with Gasteiger partial charge in [0.1, 0.15) is 6.04 Å². The molecule has 0 bridgehead atoms. The first-order valence-electron chi connectivity index (χ1n) is 6.08. The van der Waals surface area contributed by atoms with Crippen molar-refractivity contribution in [3.63, 3.8) is 0 Å². The number of aliphatic carboxylic acids is 1. The zero-order valence-corrected chi connectivity index (χ0v) is 13.3. The lowest BCUT2D eigenvalue weighted by atomic mass is 10.2. The Morgan fingerprint density at radius 2 is 1.85 bits per heavy atom. The summed E-state index contributed by atoms with van der Waals surface area (Å²) in [5.74, 6) is -0.584. The monoisotopic (exact) mass is 317 g/mol.